The van der Waals surface area contributed by atoms with E-state index in [9.17, 15) is 19.1 Å². The Labute approximate surface area is 191 Å². The molecule has 0 radical (unpaired) electrons. The van der Waals surface area contributed by atoms with Crippen LogP contribution in [0.3, 0.4) is 0 Å². The molecule has 0 atom stereocenters. The monoisotopic (exact) mass is 449 g/mol. The lowest BCUT2D eigenvalue weighted by Gasteiger charge is -2.16. The van der Waals surface area contributed by atoms with Crippen molar-refractivity contribution in [3.05, 3.63) is 92.4 Å². The second-order valence-corrected chi connectivity index (χ2v) is 8.59. The third-order valence-corrected chi connectivity index (χ3v) is 6.06. The molecule has 0 saturated heterocycles. The van der Waals surface area contributed by atoms with Gasteiger partial charge in [0.2, 0.25) is 0 Å². The Morgan fingerprint density at radius 1 is 1.00 bits per heavy atom. The fourth-order valence-electron chi connectivity index (χ4n) is 4.33. The number of nitrogens with zero attached hydrogens (tertiary/aromatic N) is 3. The molecule has 0 aliphatic carbocycles. The Balaban J connectivity index is 2.06. The van der Waals surface area contributed by atoms with Gasteiger partial charge in [0.15, 0.2) is 0 Å². The summed E-state index contributed by atoms with van der Waals surface area (Å²) in [6.45, 7) is 4.60. The minimum absolute atomic E-state index is 0.114. The van der Waals surface area contributed by atoms with Gasteiger partial charge in [0.25, 0.3) is 5.56 Å². The van der Waals surface area contributed by atoms with E-state index in [1.807, 2.05) is 28.8 Å². The maximum atomic E-state index is 13.5. The van der Waals surface area contributed by atoms with Crippen molar-refractivity contribution in [2.24, 2.45) is 7.05 Å². The molecule has 2 aromatic heterocycles. The van der Waals surface area contributed by atoms with E-state index < -0.39 is 11.2 Å². The van der Waals surface area contributed by atoms with Gasteiger partial charge >= 0.3 is 5.69 Å². The molecule has 2 heterocycles. The smallest absolute Gasteiger partial charge is 0.331 e. The highest BCUT2D eigenvalue weighted by atomic mass is 19.1. The van der Waals surface area contributed by atoms with Gasteiger partial charge in [0, 0.05) is 32.3 Å². The van der Waals surface area contributed by atoms with Crippen LogP contribution >= 0.6 is 0 Å². The number of rotatable bonds is 7. The van der Waals surface area contributed by atoms with E-state index >= 15 is 0 Å². The van der Waals surface area contributed by atoms with Crippen molar-refractivity contribution in [3.63, 3.8) is 0 Å². The van der Waals surface area contributed by atoms with Crippen molar-refractivity contribution >= 4 is 11.0 Å². The molecule has 172 valence electrons. The number of aromatic nitrogens is 3. The number of hydrogen-bond donors (Lipinski definition) is 1. The van der Waals surface area contributed by atoms with E-state index in [0.717, 1.165) is 22.4 Å². The molecule has 0 bridgehead atoms. The third kappa shape index (κ3) is 4.16. The van der Waals surface area contributed by atoms with E-state index in [1.165, 1.54) is 21.3 Å². The molecular formula is C26H28FN3O3. The first-order valence-electron chi connectivity index (χ1n) is 11.1. The average Bonchev–Trinajstić information content (AvgIpc) is 3.18. The Morgan fingerprint density at radius 2 is 1.70 bits per heavy atom. The highest BCUT2D eigenvalue weighted by Gasteiger charge is 2.21. The van der Waals surface area contributed by atoms with E-state index in [1.54, 1.807) is 19.2 Å². The van der Waals surface area contributed by atoms with Gasteiger partial charge in [0.1, 0.15) is 11.3 Å². The highest BCUT2D eigenvalue weighted by molar-refractivity contribution is 5.85. The molecule has 33 heavy (non-hydrogen) atoms. The van der Waals surface area contributed by atoms with Crippen molar-refractivity contribution in [1.29, 1.82) is 0 Å². The van der Waals surface area contributed by atoms with Crippen LogP contribution in [0.4, 0.5) is 4.39 Å². The van der Waals surface area contributed by atoms with E-state index in [4.69, 9.17) is 0 Å². The molecule has 0 aliphatic heterocycles. The molecule has 0 unspecified atom stereocenters. The average molecular weight is 450 g/mol. The van der Waals surface area contributed by atoms with Gasteiger partial charge in [-0.1, -0.05) is 50.2 Å². The van der Waals surface area contributed by atoms with Gasteiger partial charge < -0.3 is 9.67 Å². The predicted octanol–water partition coefficient (Wildman–Crippen LogP) is 3.86. The lowest BCUT2D eigenvalue weighted by Crippen LogP contribution is -2.39. The van der Waals surface area contributed by atoms with Crippen LogP contribution in [-0.2, 0) is 20.1 Å². The molecule has 0 saturated carbocycles. The molecule has 7 heteroatoms. The van der Waals surface area contributed by atoms with Crippen LogP contribution in [0.2, 0.25) is 0 Å². The van der Waals surface area contributed by atoms with Crippen LogP contribution in [-0.4, -0.2) is 25.4 Å². The molecule has 0 fully saturated rings. The lowest BCUT2D eigenvalue weighted by molar-refractivity contribution is 0.277. The van der Waals surface area contributed by atoms with E-state index in [-0.39, 0.29) is 24.9 Å². The summed E-state index contributed by atoms with van der Waals surface area (Å²) < 4.78 is 18.1. The number of hydrogen-bond acceptors (Lipinski definition) is 3. The van der Waals surface area contributed by atoms with Gasteiger partial charge in [-0.2, -0.15) is 0 Å². The molecule has 1 N–H and O–H groups in total. The molecule has 4 rings (SSSR count). The van der Waals surface area contributed by atoms with Gasteiger partial charge in [-0.15, -0.1) is 0 Å². The van der Waals surface area contributed by atoms with Gasteiger partial charge in [-0.05, 0) is 41.7 Å². The molecule has 4 aromatic rings. The Morgan fingerprint density at radius 3 is 2.36 bits per heavy atom. The summed E-state index contributed by atoms with van der Waals surface area (Å²) in [5, 5.41) is 9.24. The van der Waals surface area contributed by atoms with Crippen LogP contribution < -0.4 is 11.2 Å². The number of fused-ring (bicyclic) bond motifs is 1. The van der Waals surface area contributed by atoms with Gasteiger partial charge in [-0.25, -0.2) is 9.18 Å². The van der Waals surface area contributed by atoms with Crippen LogP contribution in [0.25, 0.3) is 22.3 Å². The van der Waals surface area contributed by atoms with Crippen molar-refractivity contribution in [3.8, 4) is 11.3 Å². The van der Waals surface area contributed by atoms with Crippen LogP contribution in [0.15, 0.2) is 64.2 Å². The quantitative estimate of drug-likeness (QED) is 0.466. The molecule has 6 nitrogen and oxygen atoms in total. The number of halogens is 1. The third-order valence-electron chi connectivity index (χ3n) is 6.06. The summed E-state index contributed by atoms with van der Waals surface area (Å²) in [5.41, 5.74) is 3.93. The first-order valence-corrected chi connectivity index (χ1v) is 11.1. The summed E-state index contributed by atoms with van der Waals surface area (Å²) >= 11 is 0. The van der Waals surface area contributed by atoms with Crippen molar-refractivity contribution in [2.45, 2.75) is 39.3 Å². The largest absolute Gasteiger partial charge is 0.396 e. The van der Waals surface area contributed by atoms with Crippen molar-refractivity contribution < 1.29 is 9.50 Å². The Bertz CT molecular complexity index is 1410. The van der Waals surface area contributed by atoms with Crippen molar-refractivity contribution in [2.75, 3.05) is 6.61 Å². The van der Waals surface area contributed by atoms with Crippen molar-refractivity contribution in [1.82, 2.24) is 13.7 Å². The molecule has 2 aromatic carbocycles. The first kappa shape index (κ1) is 22.7. The predicted molar refractivity (Wildman–Crippen MR) is 128 cm³/mol. The summed E-state index contributed by atoms with van der Waals surface area (Å²) in [6, 6.07) is 16.1. The number of aliphatic hydroxyl groups excluding tert-OH is 1. The summed E-state index contributed by atoms with van der Waals surface area (Å²) in [7, 11) is 1.65. The fourth-order valence-corrected chi connectivity index (χ4v) is 4.33. The van der Waals surface area contributed by atoms with Crippen LogP contribution in [0.1, 0.15) is 37.3 Å². The Kier molecular flexibility index (Phi) is 6.33. The zero-order chi connectivity index (χ0) is 23.7. The van der Waals surface area contributed by atoms with Gasteiger partial charge in [-0.3, -0.25) is 13.9 Å². The van der Waals surface area contributed by atoms with E-state index in [0.29, 0.717) is 24.0 Å². The number of benzene rings is 2. The first-order chi connectivity index (χ1) is 15.8. The summed E-state index contributed by atoms with van der Waals surface area (Å²) in [4.78, 5) is 26.5. The van der Waals surface area contributed by atoms with E-state index in [2.05, 4.69) is 19.9 Å². The second-order valence-electron chi connectivity index (χ2n) is 8.59. The molecule has 0 aliphatic rings. The number of aliphatic hydroxyl groups is 1. The second kappa shape index (κ2) is 9.19. The van der Waals surface area contributed by atoms with Gasteiger partial charge in [0.05, 0.1) is 11.2 Å². The standard InChI is InChI=1S/C26H28FN3O3/c1-17(2)20-7-4-5-8-21(20)22-15-23-24(30(22)16-18-9-11-19(27)12-10-18)25(32)29(13-6-14-31)26(33)28(23)3/h4-5,7-12,15,17,31H,6,13-14,16H2,1-3H3. The minimum atomic E-state index is -0.413. The maximum Gasteiger partial charge on any atom is 0.331 e. The SMILES string of the molecule is CC(C)c1ccccc1-c1cc2c(c(=O)n(CCCO)c(=O)n2C)n1Cc1ccc(F)cc1. The molecular weight excluding hydrogens is 421 g/mol. The fraction of sp³-hybridized carbons (Fsp3) is 0.308. The number of aryl methyl sites for hydroxylation is 1. The Hall–Kier alpha value is -3.45. The zero-order valence-corrected chi connectivity index (χ0v) is 19.1. The highest BCUT2D eigenvalue weighted by Crippen LogP contribution is 2.33. The normalized spacial score (nSPS) is 11.6. The minimum Gasteiger partial charge on any atom is -0.396 e. The van der Waals surface area contributed by atoms with Crippen LogP contribution in [0.5, 0.6) is 0 Å². The molecule has 0 amide bonds. The topological polar surface area (TPSA) is 69.2 Å². The van der Waals surface area contributed by atoms with Crippen LogP contribution in [0, 0.1) is 5.82 Å². The maximum absolute atomic E-state index is 13.5. The summed E-state index contributed by atoms with van der Waals surface area (Å²) in [6.07, 6.45) is 0.308. The summed E-state index contributed by atoms with van der Waals surface area (Å²) in [5.74, 6) is -0.0706. The zero-order valence-electron chi connectivity index (χ0n) is 19.1. The lowest BCUT2D eigenvalue weighted by atomic mass is 9.95. The molecule has 0 spiro atoms.